The fraction of sp³-hybridized carbons (Fsp3) is 0.893. The molecule has 0 amide bonds. The van der Waals surface area contributed by atoms with Crippen molar-refractivity contribution in [1.29, 1.82) is 0 Å². The van der Waals surface area contributed by atoms with E-state index in [2.05, 4.69) is 34.6 Å². The predicted molar refractivity (Wildman–Crippen MR) is 127 cm³/mol. The van der Waals surface area contributed by atoms with Gasteiger partial charge in [-0.2, -0.15) is 0 Å². The Balaban J connectivity index is 1.60. The van der Waals surface area contributed by atoms with E-state index in [0.29, 0.717) is 30.6 Å². The number of aliphatic hydroxyl groups excluding tert-OH is 2. The van der Waals surface area contributed by atoms with Crippen LogP contribution in [0, 0.1) is 52.3 Å². The van der Waals surface area contributed by atoms with Crippen molar-refractivity contribution in [2.45, 2.75) is 105 Å². The molecule has 32 heavy (non-hydrogen) atoms. The van der Waals surface area contributed by atoms with E-state index < -0.39 is 29.5 Å². The third-order valence-corrected chi connectivity index (χ3v) is 10.7. The topological polar surface area (TPSA) is 77.8 Å². The van der Waals surface area contributed by atoms with Crippen LogP contribution in [0.15, 0.2) is 11.6 Å². The molecule has 0 unspecified atom stereocenters. The molecule has 0 aliphatic heterocycles. The average molecular weight is 447 g/mol. The van der Waals surface area contributed by atoms with Crippen LogP contribution in [-0.2, 0) is 4.79 Å². The molecule has 3 saturated carbocycles. The minimum Gasteiger partial charge on any atom is -0.481 e. The van der Waals surface area contributed by atoms with E-state index in [1.165, 1.54) is 25.7 Å². The quantitative estimate of drug-likeness (QED) is 0.459. The lowest BCUT2D eigenvalue weighted by Crippen LogP contribution is -2.58. The lowest BCUT2D eigenvalue weighted by Gasteiger charge is -2.60. The van der Waals surface area contributed by atoms with Crippen molar-refractivity contribution in [3.05, 3.63) is 11.6 Å². The first-order valence-corrected chi connectivity index (χ1v) is 13.3. The third-order valence-electron chi connectivity index (χ3n) is 10.7. The molecule has 4 aliphatic carbocycles. The van der Waals surface area contributed by atoms with Gasteiger partial charge in [0.2, 0.25) is 0 Å². The molecule has 3 N–H and O–H groups in total. The van der Waals surface area contributed by atoms with Gasteiger partial charge in [0, 0.05) is 5.41 Å². The highest BCUT2D eigenvalue weighted by atomic mass is 16.4. The Bertz CT molecular complexity index is 744. The van der Waals surface area contributed by atoms with Crippen LogP contribution in [0.5, 0.6) is 0 Å². The molecule has 0 heterocycles. The fourth-order valence-corrected chi connectivity index (χ4v) is 9.11. The van der Waals surface area contributed by atoms with E-state index in [-0.39, 0.29) is 17.3 Å². The summed E-state index contributed by atoms with van der Waals surface area (Å²) in [6.45, 7) is 11.7. The van der Waals surface area contributed by atoms with Crippen molar-refractivity contribution in [3.63, 3.8) is 0 Å². The molecular weight excluding hydrogens is 400 g/mol. The predicted octanol–water partition coefficient (Wildman–Crippen LogP) is 5.67. The van der Waals surface area contributed by atoms with E-state index in [1.54, 1.807) is 0 Å². The zero-order valence-electron chi connectivity index (χ0n) is 20.9. The molecule has 10 atom stereocenters. The number of fused-ring (bicyclic) bond motifs is 5. The maximum Gasteiger partial charge on any atom is 0.307 e. The number of hydrogen-bond acceptors (Lipinski definition) is 3. The first-order valence-electron chi connectivity index (χ1n) is 13.3. The molecule has 0 radical (unpaired) electrons. The van der Waals surface area contributed by atoms with Gasteiger partial charge >= 0.3 is 5.97 Å². The fourth-order valence-electron chi connectivity index (χ4n) is 9.11. The summed E-state index contributed by atoms with van der Waals surface area (Å²) in [4.78, 5) is 12.3. The zero-order valence-corrected chi connectivity index (χ0v) is 20.9. The maximum absolute atomic E-state index is 12.3. The Hall–Kier alpha value is -0.870. The third kappa shape index (κ3) is 3.78. The van der Waals surface area contributed by atoms with Gasteiger partial charge in [-0.25, -0.2) is 0 Å². The molecule has 0 aromatic carbocycles. The Labute approximate surface area is 194 Å². The van der Waals surface area contributed by atoms with Crippen LogP contribution in [0.3, 0.4) is 0 Å². The van der Waals surface area contributed by atoms with E-state index in [0.717, 1.165) is 30.8 Å². The summed E-state index contributed by atoms with van der Waals surface area (Å²) in [5, 5.41) is 31.8. The van der Waals surface area contributed by atoms with Crippen LogP contribution in [0.25, 0.3) is 0 Å². The first kappa shape index (κ1) is 24.3. The van der Waals surface area contributed by atoms with Gasteiger partial charge in [0.05, 0.1) is 18.1 Å². The highest BCUT2D eigenvalue weighted by Crippen LogP contribution is 2.68. The molecule has 3 fully saturated rings. The molecule has 182 valence electrons. The SMILES string of the molecule is CC(C)CCC[C@@H](C)[C@H]1CC[C@H]2[C@@H]3[C@@H](O)C=C4C[C@@H](O)C[C@@H](C(=O)O)[C@]4(C)[C@H]3CC[C@]12C. The molecule has 0 bridgehead atoms. The minimum absolute atomic E-state index is 0.146. The molecule has 0 aromatic heterocycles. The summed E-state index contributed by atoms with van der Waals surface area (Å²) in [6, 6.07) is 0. The Morgan fingerprint density at radius 2 is 1.81 bits per heavy atom. The summed E-state index contributed by atoms with van der Waals surface area (Å²) < 4.78 is 0. The van der Waals surface area contributed by atoms with E-state index in [9.17, 15) is 20.1 Å². The smallest absolute Gasteiger partial charge is 0.307 e. The number of carbonyl (C=O) groups is 1. The average Bonchev–Trinajstić information content (AvgIpc) is 3.05. The Morgan fingerprint density at radius 3 is 2.47 bits per heavy atom. The number of aliphatic carboxylic acids is 1. The molecule has 0 saturated heterocycles. The Morgan fingerprint density at radius 1 is 1.09 bits per heavy atom. The first-order chi connectivity index (χ1) is 15.0. The van der Waals surface area contributed by atoms with E-state index in [1.807, 2.05) is 6.08 Å². The highest BCUT2D eigenvalue weighted by molar-refractivity contribution is 5.72. The lowest BCUT2D eigenvalue weighted by molar-refractivity contribution is -0.159. The Kier molecular flexibility index (Phi) is 6.62. The summed E-state index contributed by atoms with van der Waals surface area (Å²) in [7, 11) is 0. The van der Waals surface area contributed by atoms with Gasteiger partial charge in [-0.15, -0.1) is 0 Å². The molecule has 0 spiro atoms. The largest absolute Gasteiger partial charge is 0.481 e. The number of rotatable bonds is 6. The van der Waals surface area contributed by atoms with Gasteiger partial charge in [0.15, 0.2) is 0 Å². The van der Waals surface area contributed by atoms with Crippen molar-refractivity contribution in [2.75, 3.05) is 0 Å². The number of hydrogen-bond donors (Lipinski definition) is 3. The van der Waals surface area contributed by atoms with Crippen molar-refractivity contribution in [1.82, 2.24) is 0 Å². The van der Waals surface area contributed by atoms with Crippen LogP contribution in [-0.4, -0.2) is 33.5 Å². The minimum atomic E-state index is -0.788. The molecule has 4 heteroatoms. The van der Waals surface area contributed by atoms with Gasteiger partial charge in [-0.3, -0.25) is 4.79 Å². The molecule has 0 aromatic rings. The van der Waals surface area contributed by atoms with Crippen molar-refractivity contribution in [3.8, 4) is 0 Å². The zero-order chi connectivity index (χ0) is 23.4. The van der Waals surface area contributed by atoms with Crippen LogP contribution in [0.4, 0.5) is 0 Å². The van der Waals surface area contributed by atoms with Crippen molar-refractivity contribution < 1.29 is 20.1 Å². The number of carboxylic acids is 1. The normalized spacial score (nSPS) is 46.8. The molecule has 4 rings (SSSR count). The summed E-state index contributed by atoms with van der Waals surface area (Å²) in [5.74, 6) is 1.63. The second kappa shape index (κ2) is 8.73. The van der Waals surface area contributed by atoms with Crippen molar-refractivity contribution >= 4 is 5.97 Å². The maximum atomic E-state index is 12.3. The van der Waals surface area contributed by atoms with Crippen molar-refractivity contribution in [2.24, 2.45) is 52.3 Å². The second-order valence-corrected chi connectivity index (χ2v) is 12.8. The monoisotopic (exact) mass is 446 g/mol. The van der Waals surface area contributed by atoms with Gasteiger partial charge in [0.25, 0.3) is 0 Å². The van der Waals surface area contributed by atoms with Crippen LogP contribution in [0.1, 0.15) is 92.4 Å². The summed E-state index contributed by atoms with van der Waals surface area (Å²) in [5.41, 5.74) is 0.795. The number of aliphatic hydroxyl groups is 2. The van der Waals surface area contributed by atoms with Gasteiger partial charge in [0.1, 0.15) is 0 Å². The van der Waals surface area contributed by atoms with Crippen LogP contribution in [0.2, 0.25) is 0 Å². The van der Waals surface area contributed by atoms with Gasteiger partial charge in [-0.1, -0.05) is 65.5 Å². The van der Waals surface area contributed by atoms with Gasteiger partial charge in [-0.05, 0) is 79.4 Å². The van der Waals surface area contributed by atoms with Crippen LogP contribution >= 0.6 is 0 Å². The number of carboxylic acid groups (broad SMARTS) is 1. The standard InChI is InChI=1S/C28H46O4/c1-16(2)7-6-8-17(3)20-9-10-21-25-22(11-12-27(20,21)4)28(5)18(14-24(25)30)13-19(29)15-23(28)26(31)32/h14,16-17,19-25,29-30H,6-13,15H2,1-5H3,(H,31,32)/t17-,19-,20-,21+,22+,23+,24+,25+,27-,28+/m1/s1. The summed E-state index contributed by atoms with van der Waals surface area (Å²) in [6.07, 6.45) is 10.1. The lowest BCUT2D eigenvalue weighted by atomic mass is 9.44. The van der Waals surface area contributed by atoms with E-state index in [4.69, 9.17) is 0 Å². The molecular formula is C28H46O4. The highest BCUT2D eigenvalue weighted by Gasteiger charge is 2.63. The van der Waals surface area contributed by atoms with E-state index >= 15 is 0 Å². The second-order valence-electron chi connectivity index (χ2n) is 12.8. The van der Waals surface area contributed by atoms with Gasteiger partial charge < -0.3 is 15.3 Å². The molecule has 4 nitrogen and oxygen atoms in total. The molecule has 4 aliphatic rings. The van der Waals surface area contributed by atoms with Crippen LogP contribution < -0.4 is 0 Å². The summed E-state index contributed by atoms with van der Waals surface area (Å²) >= 11 is 0.